The first-order valence-electron chi connectivity index (χ1n) is 7.15. The molecule has 0 atom stereocenters. The fourth-order valence-electron chi connectivity index (χ4n) is 2.77. The van der Waals surface area contributed by atoms with Crippen molar-refractivity contribution in [2.45, 2.75) is 30.8 Å². The minimum absolute atomic E-state index is 0.106. The monoisotopic (exact) mass is 317 g/mol. The van der Waals surface area contributed by atoms with Crippen LogP contribution in [0.3, 0.4) is 0 Å². The number of sulfonamides is 1. The van der Waals surface area contributed by atoms with Crippen molar-refractivity contribution in [1.29, 1.82) is 0 Å². The molecular formula is C14H15N5O2S. The van der Waals surface area contributed by atoms with Crippen molar-refractivity contribution in [2.24, 2.45) is 0 Å². The van der Waals surface area contributed by atoms with Crippen molar-refractivity contribution < 1.29 is 8.42 Å². The first-order valence-corrected chi connectivity index (χ1v) is 8.63. The van der Waals surface area contributed by atoms with Gasteiger partial charge in [0.1, 0.15) is 5.65 Å². The van der Waals surface area contributed by atoms with E-state index in [0.717, 1.165) is 31.5 Å². The summed E-state index contributed by atoms with van der Waals surface area (Å²) < 4.78 is 31.1. The van der Waals surface area contributed by atoms with E-state index in [0.29, 0.717) is 11.5 Å². The molecule has 0 unspecified atom stereocenters. The van der Waals surface area contributed by atoms with Gasteiger partial charge in [-0.3, -0.25) is 13.8 Å². The lowest BCUT2D eigenvalue weighted by Crippen LogP contribution is -2.16. The van der Waals surface area contributed by atoms with Gasteiger partial charge in [0.25, 0.3) is 10.0 Å². The van der Waals surface area contributed by atoms with Crippen molar-refractivity contribution in [2.75, 3.05) is 4.72 Å². The molecule has 0 fully saturated rings. The number of nitrogens with one attached hydrogen (secondary N) is 1. The van der Waals surface area contributed by atoms with Crippen molar-refractivity contribution in [3.05, 3.63) is 42.4 Å². The Bertz CT molecular complexity index is 918. The first-order chi connectivity index (χ1) is 10.6. The minimum Gasteiger partial charge on any atom is -0.289 e. The molecule has 4 heterocycles. The molecule has 0 spiro atoms. The van der Waals surface area contributed by atoms with Gasteiger partial charge < -0.3 is 0 Å². The van der Waals surface area contributed by atoms with Gasteiger partial charge in [-0.1, -0.05) is 6.07 Å². The molecule has 1 N–H and O–H groups in total. The molecule has 1 aliphatic rings. The van der Waals surface area contributed by atoms with E-state index in [2.05, 4.69) is 14.8 Å². The maximum Gasteiger partial charge on any atom is 0.280 e. The molecule has 114 valence electrons. The van der Waals surface area contributed by atoms with Gasteiger partial charge in [-0.05, 0) is 31.4 Å². The summed E-state index contributed by atoms with van der Waals surface area (Å²) in [5.74, 6) is 0.364. The summed E-state index contributed by atoms with van der Waals surface area (Å²) >= 11 is 0. The molecule has 0 aromatic carbocycles. The Balaban J connectivity index is 1.70. The molecule has 0 amide bonds. The lowest BCUT2D eigenvalue weighted by atomic mass is 10.1. The van der Waals surface area contributed by atoms with Crippen LogP contribution in [0.15, 0.2) is 41.7 Å². The van der Waals surface area contributed by atoms with Crippen LogP contribution in [-0.4, -0.2) is 27.6 Å². The lowest BCUT2D eigenvalue weighted by molar-refractivity contribution is 0.487. The number of anilines is 1. The highest BCUT2D eigenvalue weighted by atomic mass is 32.2. The van der Waals surface area contributed by atoms with Gasteiger partial charge in [0.2, 0.25) is 0 Å². The number of aromatic nitrogens is 4. The summed E-state index contributed by atoms with van der Waals surface area (Å²) in [6, 6.07) is 7.15. The molecule has 3 aromatic heterocycles. The number of hydrogen-bond acceptors (Lipinski definition) is 4. The Morgan fingerprint density at radius 2 is 2.14 bits per heavy atom. The normalized spacial score (nSPS) is 14.9. The number of aryl methyl sites for hydroxylation is 2. The van der Waals surface area contributed by atoms with Gasteiger partial charge in [0.05, 0.1) is 6.20 Å². The second kappa shape index (κ2) is 4.84. The molecular weight excluding hydrogens is 302 g/mol. The van der Waals surface area contributed by atoms with Gasteiger partial charge in [0.15, 0.2) is 10.8 Å². The first kappa shape index (κ1) is 13.3. The molecule has 8 heteroatoms. The maximum atomic E-state index is 12.6. The smallest absolute Gasteiger partial charge is 0.280 e. The number of fused-ring (bicyclic) bond motifs is 2. The summed E-state index contributed by atoms with van der Waals surface area (Å²) in [6.45, 7) is 0.840. The molecule has 1 aliphatic heterocycles. The van der Waals surface area contributed by atoms with Crippen LogP contribution in [0.1, 0.15) is 18.5 Å². The van der Waals surface area contributed by atoms with Crippen LogP contribution < -0.4 is 4.72 Å². The van der Waals surface area contributed by atoms with Gasteiger partial charge in [-0.25, -0.2) is 4.98 Å². The average molecular weight is 317 g/mol. The fraction of sp³-hybridized carbons (Fsp3) is 0.286. The zero-order valence-electron chi connectivity index (χ0n) is 11.8. The van der Waals surface area contributed by atoms with Crippen molar-refractivity contribution in [3.63, 3.8) is 0 Å². The van der Waals surface area contributed by atoms with Crippen LogP contribution in [0, 0.1) is 0 Å². The molecule has 0 aliphatic carbocycles. The summed E-state index contributed by atoms with van der Waals surface area (Å²) in [5, 5.41) is 4.43. The van der Waals surface area contributed by atoms with Crippen molar-refractivity contribution in [1.82, 2.24) is 19.2 Å². The fourth-order valence-corrected chi connectivity index (χ4v) is 3.85. The van der Waals surface area contributed by atoms with Gasteiger partial charge in [-0.2, -0.15) is 13.5 Å². The lowest BCUT2D eigenvalue weighted by Gasteiger charge is -2.11. The van der Waals surface area contributed by atoms with Crippen molar-refractivity contribution in [3.8, 4) is 0 Å². The van der Waals surface area contributed by atoms with E-state index in [1.54, 1.807) is 28.8 Å². The van der Waals surface area contributed by atoms with E-state index < -0.39 is 10.0 Å². The van der Waals surface area contributed by atoms with Crippen molar-refractivity contribution >= 4 is 21.5 Å². The third-order valence-electron chi connectivity index (χ3n) is 3.81. The highest BCUT2D eigenvalue weighted by Gasteiger charge is 2.21. The SMILES string of the molecule is O=S(=O)(Nc1cc2n(n1)CCCC2)c1cnc2ccccn12. The third-order valence-corrected chi connectivity index (χ3v) is 5.14. The Morgan fingerprint density at radius 3 is 3.00 bits per heavy atom. The highest BCUT2D eigenvalue weighted by Crippen LogP contribution is 2.21. The Hall–Kier alpha value is -2.35. The molecule has 22 heavy (non-hydrogen) atoms. The van der Waals surface area contributed by atoms with Crippen LogP contribution in [0.5, 0.6) is 0 Å². The highest BCUT2D eigenvalue weighted by molar-refractivity contribution is 7.92. The molecule has 7 nitrogen and oxygen atoms in total. The van der Waals surface area contributed by atoms with E-state index in [9.17, 15) is 8.42 Å². The minimum atomic E-state index is -3.72. The predicted octanol–water partition coefficient (Wildman–Crippen LogP) is 1.67. The van der Waals surface area contributed by atoms with Crippen LogP contribution in [0.25, 0.3) is 5.65 Å². The molecule has 0 saturated heterocycles. The average Bonchev–Trinajstić information content (AvgIpc) is 3.09. The maximum absolute atomic E-state index is 12.6. The van der Waals surface area contributed by atoms with E-state index in [4.69, 9.17) is 0 Å². The molecule has 4 rings (SSSR count). The van der Waals surface area contributed by atoms with Gasteiger partial charge in [-0.15, -0.1) is 0 Å². The number of rotatable bonds is 3. The Kier molecular flexibility index (Phi) is 2.93. The predicted molar refractivity (Wildman–Crippen MR) is 81.2 cm³/mol. The topological polar surface area (TPSA) is 81.3 Å². The van der Waals surface area contributed by atoms with Crippen LogP contribution in [0.4, 0.5) is 5.82 Å². The van der Waals surface area contributed by atoms with Crippen LogP contribution in [-0.2, 0) is 23.0 Å². The summed E-state index contributed by atoms with van der Waals surface area (Å²) in [5.41, 5.74) is 1.66. The Morgan fingerprint density at radius 1 is 1.23 bits per heavy atom. The largest absolute Gasteiger partial charge is 0.289 e. The molecule has 0 radical (unpaired) electrons. The molecule has 0 bridgehead atoms. The number of nitrogens with zero attached hydrogens (tertiary/aromatic N) is 4. The van der Waals surface area contributed by atoms with Crippen LogP contribution >= 0.6 is 0 Å². The number of pyridine rings is 1. The third kappa shape index (κ3) is 2.16. The van der Waals surface area contributed by atoms with Gasteiger partial charge in [0, 0.05) is 24.5 Å². The quantitative estimate of drug-likeness (QED) is 0.796. The summed E-state index contributed by atoms with van der Waals surface area (Å²) in [4.78, 5) is 4.11. The second-order valence-corrected chi connectivity index (χ2v) is 6.96. The number of imidazole rings is 1. The van der Waals surface area contributed by atoms with E-state index in [1.807, 2.05) is 10.7 Å². The van der Waals surface area contributed by atoms with E-state index in [1.165, 1.54) is 6.20 Å². The van der Waals surface area contributed by atoms with E-state index >= 15 is 0 Å². The summed E-state index contributed by atoms with van der Waals surface area (Å²) in [7, 11) is -3.72. The summed E-state index contributed by atoms with van der Waals surface area (Å²) in [6.07, 6.45) is 6.16. The zero-order chi connectivity index (χ0) is 15.2. The van der Waals surface area contributed by atoms with E-state index in [-0.39, 0.29) is 5.03 Å². The zero-order valence-corrected chi connectivity index (χ0v) is 12.6. The second-order valence-electron chi connectivity index (χ2n) is 5.33. The molecule has 0 saturated carbocycles. The van der Waals surface area contributed by atoms with Crippen LogP contribution in [0.2, 0.25) is 0 Å². The Labute approximate surface area is 127 Å². The standard InChI is InChI=1S/C14H15N5O2S/c20-22(21,14-10-15-13-6-2-3-7-18(13)14)17-12-9-11-5-1-4-8-19(11)16-12/h2-3,6-7,9-10H,1,4-5,8H2,(H,16,17). The molecule has 3 aromatic rings. The van der Waals surface area contributed by atoms with Gasteiger partial charge >= 0.3 is 0 Å². The number of hydrogen-bond donors (Lipinski definition) is 1.